The molecule has 9 nitrogen and oxygen atoms in total. The Hall–Kier alpha value is -3.37. The highest BCUT2D eigenvalue weighted by molar-refractivity contribution is 7.08. The molecule has 0 unspecified atom stereocenters. The second-order valence-corrected chi connectivity index (χ2v) is 9.16. The molecule has 1 aromatic carbocycles. The molecule has 10 heteroatoms. The predicted molar refractivity (Wildman–Crippen MR) is 132 cm³/mol. The van der Waals surface area contributed by atoms with E-state index < -0.39 is 12.0 Å². The minimum Gasteiger partial charge on any atom is -0.497 e. The van der Waals surface area contributed by atoms with Crippen molar-refractivity contribution >= 4 is 29.2 Å². The molecule has 186 valence electrons. The van der Waals surface area contributed by atoms with Crippen molar-refractivity contribution in [2.75, 3.05) is 53.5 Å². The number of hydrogen-bond acceptors (Lipinski definition) is 7. The Labute approximate surface area is 208 Å². The number of methoxy groups -OCH3 is 1. The highest BCUT2D eigenvalue weighted by Gasteiger charge is 2.38. The van der Waals surface area contributed by atoms with Gasteiger partial charge in [-0.05, 0) is 53.6 Å². The van der Waals surface area contributed by atoms with E-state index in [1.165, 1.54) is 16.2 Å². The van der Waals surface area contributed by atoms with Crippen molar-refractivity contribution in [1.29, 1.82) is 0 Å². The maximum atomic E-state index is 13.0. The summed E-state index contributed by atoms with van der Waals surface area (Å²) < 4.78 is 10.5. The van der Waals surface area contributed by atoms with Gasteiger partial charge in [-0.3, -0.25) is 14.6 Å². The molecule has 0 aliphatic carbocycles. The second-order valence-electron chi connectivity index (χ2n) is 8.38. The van der Waals surface area contributed by atoms with E-state index >= 15 is 0 Å². The Kier molecular flexibility index (Phi) is 7.72. The molecule has 2 aromatic rings. The summed E-state index contributed by atoms with van der Waals surface area (Å²) in [7, 11) is 3.26. The van der Waals surface area contributed by atoms with E-state index in [4.69, 9.17) is 9.47 Å². The summed E-state index contributed by atoms with van der Waals surface area (Å²) >= 11 is 1.51. The summed E-state index contributed by atoms with van der Waals surface area (Å²) in [4.78, 5) is 44.2. The largest absolute Gasteiger partial charge is 0.497 e. The van der Waals surface area contributed by atoms with Crippen molar-refractivity contribution in [2.45, 2.75) is 13.0 Å². The van der Waals surface area contributed by atoms with Gasteiger partial charge in [0.25, 0.3) is 5.91 Å². The summed E-state index contributed by atoms with van der Waals surface area (Å²) in [6, 6.07) is 8.17. The molecule has 0 radical (unpaired) electrons. The number of nitrogens with zero attached hydrogens (tertiary/aromatic N) is 3. The number of hydrogen-bond donors (Lipinski definition) is 1. The SMILES string of the molecule is CCOC(=O)C1=C(CN2CCN(C(=O)c3ccc(OC)cc3)CC2)N(C)C(=O)N[C@@H]1c1ccsc1. The molecule has 0 bridgehead atoms. The molecule has 4 rings (SSSR count). The standard InChI is InChI=1S/C25H30N4O5S/c1-4-34-24(31)21-20(27(2)25(32)26-22(21)18-9-14-35-16-18)15-28-10-12-29(13-11-28)23(30)17-5-7-19(33-3)8-6-17/h5-9,14,16,22H,4,10-13,15H2,1-3H3,(H,26,32)/t22-/m1/s1. The fourth-order valence-corrected chi connectivity index (χ4v) is 5.01. The fraction of sp³-hybridized carbons (Fsp3) is 0.400. The number of carbonyl (C=O) groups excluding carboxylic acids is 3. The van der Waals surface area contributed by atoms with Gasteiger partial charge in [0.2, 0.25) is 0 Å². The van der Waals surface area contributed by atoms with Crippen molar-refractivity contribution in [2.24, 2.45) is 0 Å². The Balaban J connectivity index is 1.51. The number of esters is 1. The van der Waals surface area contributed by atoms with Crippen molar-refractivity contribution in [1.82, 2.24) is 20.0 Å². The van der Waals surface area contributed by atoms with Crippen molar-refractivity contribution in [3.63, 3.8) is 0 Å². The minimum absolute atomic E-state index is 0.0228. The van der Waals surface area contributed by atoms with E-state index in [0.29, 0.717) is 55.3 Å². The lowest BCUT2D eigenvalue weighted by Crippen LogP contribution is -2.53. The van der Waals surface area contributed by atoms with Gasteiger partial charge in [-0.1, -0.05) is 0 Å². The van der Waals surface area contributed by atoms with Crippen LogP contribution in [0.15, 0.2) is 52.4 Å². The zero-order valence-corrected chi connectivity index (χ0v) is 21.0. The molecule has 1 atom stereocenters. The summed E-state index contributed by atoms with van der Waals surface area (Å²) in [5, 5.41) is 6.77. The van der Waals surface area contributed by atoms with E-state index in [2.05, 4.69) is 10.2 Å². The highest BCUT2D eigenvalue weighted by Crippen LogP contribution is 2.32. The summed E-state index contributed by atoms with van der Waals surface area (Å²) in [5.41, 5.74) is 2.54. The van der Waals surface area contributed by atoms with Crippen LogP contribution in [0.2, 0.25) is 0 Å². The first-order chi connectivity index (χ1) is 16.9. The molecule has 2 aliphatic heterocycles. The molecule has 0 spiro atoms. The number of likely N-dealkylation sites (N-methyl/N-ethyl adjacent to an activating group) is 1. The Morgan fingerprint density at radius 1 is 1.11 bits per heavy atom. The monoisotopic (exact) mass is 498 g/mol. The van der Waals surface area contributed by atoms with Crippen LogP contribution in [0.3, 0.4) is 0 Å². The van der Waals surface area contributed by atoms with Crippen LogP contribution < -0.4 is 10.1 Å². The van der Waals surface area contributed by atoms with Gasteiger partial charge in [0.1, 0.15) is 5.75 Å². The van der Waals surface area contributed by atoms with Gasteiger partial charge in [0.05, 0.1) is 25.3 Å². The maximum absolute atomic E-state index is 13.0. The topological polar surface area (TPSA) is 91.4 Å². The summed E-state index contributed by atoms with van der Waals surface area (Å²) in [6.45, 7) is 4.77. The van der Waals surface area contributed by atoms with Gasteiger partial charge in [0, 0.05) is 51.0 Å². The lowest BCUT2D eigenvalue weighted by molar-refractivity contribution is -0.139. The van der Waals surface area contributed by atoms with Crippen LogP contribution in [0, 0.1) is 0 Å². The molecular formula is C25H30N4O5S. The number of urea groups is 1. The number of rotatable bonds is 7. The summed E-state index contributed by atoms with van der Waals surface area (Å²) in [6.07, 6.45) is 0. The van der Waals surface area contributed by atoms with E-state index in [1.54, 1.807) is 45.3 Å². The van der Waals surface area contributed by atoms with Crippen LogP contribution in [0.25, 0.3) is 0 Å². The second kappa shape index (κ2) is 10.9. The van der Waals surface area contributed by atoms with E-state index in [-0.39, 0.29) is 18.5 Å². The number of amides is 3. The summed E-state index contributed by atoms with van der Waals surface area (Å²) in [5.74, 6) is 0.253. The molecule has 3 amide bonds. The van der Waals surface area contributed by atoms with Gasteiger partial charge in [-0.2, -0.15) is 11.3 Å². The first kappa shape index (κ1) is 24.7. The van der Waals surface area contributed by atoms with Gasteiger partial charge < -0.3 is 19.7 Å². The smallest absolute Gasteiger partial charge is 0.338 e. The Morgan fingerprint density at radius 2 is 1.83 bits per heavy atom. The zero-order valence-electron chi connectivity index (χ0n) is 20.2. The van der Waals surface area contributed by atoms with Gasteiger partial charge in [-0.25, -0.2) is 9.59 Å². The normalized spacial score (nSPS) is 18.9. The molecule has 1 aromatic heterocycles. The molecule has 3 heterocycles. The number of piperazine rings is 1. The molecule has 35 heavy (non-hydrogen) atoms. The minimum atomic E-state index is -0.558. The number of nitrogens with one attached hydrogen (secondary N) is 1. The average molecular weight is 499 g/mol. The highest BCUT2D eigenvalue weighted by atomic mass is 32.1. The third kappa shape index (κ3) is 5.33. The Morgan fingerprint density at radius 3 is 2.43 bits per heavy atom. The molecule has 1 saturated heterocycles. The number of thiophene rings is 1. The van der Waals surface area contributed by atoms with Crippen LogP contribution in [-0.2, 0) is 9.53 Å². The quantitative estimate of drug-likeness (QED) is 0.591. The first-order valence-corrected chi connectivity index (χ1v) is 12.5. The average Bonchev–Trinajstić information content (AvgIpc) is 3.42. The van der Waals surface area contributed by atoms with Crippen LogP contribution in [-0.4, -0.2) is 86.1 Å². The lowest BCUT2D eigenvalue weighted by atomic mass is 9.96. The maximum Gasteiger partial charge on any atom is 0.338 e. The van der Waals surface area contributed by atoms with E-state index in [9.17, 15) is 14.4 Å². The molecule has 1 fully saturated rings. The molecule has 2 aliphatic rings. The lowest BCUT2D eigenvalue weighted by Gasteiger charge is -2.39. The van der Waals surface area contributed by atoms with E-state index in [1.807, 2.05) is 21.7 Å². The Bertz CT molecular complexity index is 1090. The van der Waals surface area contributed by atoms with Crippen LogP contribution in [0.5, 0.6) is 5.75 Å². The number of ether oxygens (including phenoxy) is 2. The van der Waals surface area contributed by atoms with Gasteiger partial charge >= 0.3 is 12.0 Å². The van der Waals surface area contributed by atoms with E-state index in [0.717, 1.165) is 5.56 Å². The number of carbonyl (C=O) groups is 3. The van der Waals surface area contributed by atoms with Crippen molar-refractivity contribution in [3.8, 4) is 5.75 Å². The third-order valence-electron chi connectivity index (χ3n) is 6.32. The molecule has 1 N–H and O–H groups in total. The fourth-order valence-electron chi connectivity index (χ4n) is 4.32. The van der Waals surface area contributed by atoms with Crippen LogP contribution >= 0.6 is 11.3 Å². The first-order valence-electron chi connectivity index (χ1n) is 11.5. The molecular weight excluding hydrogens is 468 g/mol. The van der Waals surface area contributed by atoms with Crippen molar-refractivity contribution < 1.29 is 23.9 Å². The van der Waals surface area contributed by atoms with Crippen molar-refractivity contribution in [3.05, 3.63) is 63.5 Å². The van der Waals surface area contributed by atoms with Gasteiger partial charge in [0.15, 0.2) is 0 Å². The van der Waals surface area contributed by atoms with Crippen LogP contribution in [0.4, 0.5) is 4.79 Å². The predicted octanol–water partition coefficient (Wildman–Crippen LogP) is 2.73. The molecule has 0 saturated carbocycles. The van der Waals surface area contributed by atoms with Crippen LogP contribution in [0.1, 0.15) is 28.9 Å². The van der Waals surface area contributed by atoms with Gasteiger partial charge in [-0.15, -0.1) is 0 Å². The zero-order chi connectivity index (χ0) is 24.9. The third-order valence-corrected chi connectivity index (χ3v) is 7.02. The number of benzene rings is 1.